The second kappa shape index (κ2) is 3.35. The van der Waals surface area contributed by atoms with Crippen molar-refractivity contribution in [3.8, 4) is 0 Å². The lowest BCUT2D eigenvalue weighted by Gasteiger charge is -2.10. The minimum Gasteiger partial charge on any atom is -0.396 e. The first-order valence-electron chi connectivity index (χ1n) is 4.39. The molecule has 1 saturated carbocycles. The van der Waals surface area contributed by atoms with Crippen LogP contribution >= 0.6 is 0 Å². The van der Waals surface area contributed by atoms with Gasteiger partial charge in [0, 0.05) is 12.3 Å². The normalized spacial score (nSPS) is 19.8. The standard InChI is InChI=1S/C9H17NO/c1-2-3-8(10)6-9(7-11)4-5-9/h10-11H,2-7H2,1H3. The molecular formula is C9H17NO. The Kier molecular flexibility index (Phi) is 2.66. The van der Waals surface area contributed by atoms with Gasteiger partial charge in [0.05, 0.1) is 0 Å². The zero-order valence-corrected chi connectivity index (χ0v) is 7.19. The van der Waals surface area contributed by atoms with Crippen LogP contribution < -0.4 is 0 Å². The Morgan fingerprint density at radius 3 is 2.55 bits per heavy atom. The Labute approximate surface area is 68.1 Å². The first-order chi connectivity index (χ1) is 5.22. The molecule has 0 bridgehead atoms. The molecule has 0 unspecified atom stereocenters. The van der Waals surface area contributed by atoms with E-state index < -0.39 is 0 Å². The van der Waals surface area contributed by atoms with Crippen molar-refractivity contribution < 1.29 is 5.11 Å². The number of aliphatic hydroxyl groups excluding tert-OH is 1. The van der Waals surface area contributed by atoms with E-state index in [2.05, 4.69) is 6.92 Å². The summed E-state index contributed by atoms with van der Waals surface area (Å²) in [6.45, 7) is 2.37. The number of rotatable bonds is 5. The van der Waals surface area contributed by atoms with E-state index in [1.807, 2.05) is 0 Å². The molecule has 0 aromatic heterocycles. The molecule has 64 valence electrons. The zero-order valence-electron chi connectivity index (χ0n) is 7.19. The largest absolute Gasteiger partial charge is 0.396 e. The second-order valence-corrected chi connectivity index (χ2v) is 3.69. The summed E-state index contributed by atoms with van der Waals surface area (Å²) in [4.78, 5) is 0. The van der Waals surface area contributed by atoms with E-state index in [1.54, 1.807) is 0 Å². The average Bonchev–Trinajstić information content (AvgIpc) is 2.70. The van der Waals surface area contributed by atoms with Gasteiger partial charge in [-0.1, -0.05) is 13.3 Å². The van der Waals surface area contributed by atoms with E-state index >= 15 is 0 Å². The van der Waals surface area contributed by atoms with E-state index in [9.17, 15) is 0 Å². The molecule has 0 aromatic carbocycles. The summed E-state index contributed by atoms with van der Waals surface area (Å²) in [5.41, 5.74) is 0.964. The maximum Gasteiger partial charge on any atom is 0.0491 e. The highest BCUT2D eigenvalue weighted by Gasteiger charge is 2.42. The van der Waals surface area contributed by atoms with Crippen LogP contribution in [0.25, 0.3) is 0 Å². The number of hydrogen-bond donors (Lipinski definition) is 2. The fraction of sp³-hybridized carbons (Fsp3) is 0.889. The van der Waals surface area contributed by atoms with Gasteiger partial charge in [-0.05, 0) is 31.1 Å². The highest BCUT2D eigenvalue weighted by molar-refractivity contribution is 5.82. The van der Waals surface area contributed by atoms with Gasteiger partial charge in [0.1, 0.15) is 0 Å². The molecule has 0 radical (unpaired) electrons. The fourth-order valence-corrected chi connectivity index (χ4v) is 1.41. The summed E-state index contributed by atoms with van der Waals surface area (Å²) in [6.07, 6.45) is 5.03. The fourth-order valence-electron chi connectivity index (χ4n) is 1.41. The molecule has 0 amide bonds. The van der Waals surface area contributed by atoms with E-state index in [0.717, 1.165) is 37.8 Å². The molecule has 1 aliphatic carbocycles. The van der Waals surface area contributed by atoms with Gasteiger partial charge >= 0.3 is 0 Å². The Bertz CT molecular complexity index is 150. The Balaban J connectivity index is 2.24. The predicted octanol–water partition coefficient (Wildman–Crippen LogP) is 1.97. The van der Waals surface area contributed by atoms with Crippen LogP contribution in [0.2, 0.25) is 0 Å². The third kappa shape index (κ3) is 2.29. The molecule has 0 saturated heterocycles. The third-order valence-corrected chi connectivity index (χ3v) is 2.43. The van der Waals surface area contributed by atoms with Crippen LogP contribution in [0.15, 0.2) is 0 Å². The monoisotopic (exact) mass is 155 g/mol. The van der Waals surface area contributed by atoms with Crippen LogP contribution in [-0.4, -0.2) is 17.4 Å². The molecule has 0 atom stereocenters. The first-order valence-corrected chi connectivity index (χ1v) is 4.39. The van der Waals surface area contributed by atoms with Crippen LogP contribution in [0, 0.1) is 10.8 Å². The smallest absolute Gasteiger partial charge is 0.0491 e. The van der Waals surface area contributed by atoms with E-state index in [0.29, 0.717) is 0 Å². The summed E-state index contributed by atoms with van der Waals surface area (Å²) in [6, 6.07) is 0. The maximum atomic E-state index is 8.98. The predicted molar refractivity (Wildman–Crippen MR) is 46.0 cm³/mol. The van der Waals surface area contributed by atoms with Crippen LogP contribution in [0.4, 0.5) is 0 Å². The molecule has 1 rings (SSSR count). The highest BCUT2D eigenvalue weighted by atomic mass is 16.3. The van der Waals surface area contributed by atoms with Crippen molar-refractivity contribution in [3.05, 3.63) is 0 Å². The lowest BCUT2D eigenvalue weighted by molar-refractivity contribution is 0.216. The maximum absolute atomic E-state index is 8.98. The summed E-state index contributed by atoms with van der Waals surface area (Å²) >= 11 is 0. The van der Waals surface area contributed by atoms with E-state index in [4.69, 9.17) is 10.5 Å². The van der Waals surface area contributed by atoms with Crippen molar-refractivity contribution in [1.82, 2.24) is 0 Å². The SMILES string of the molecule is CCCC(=N)CC1(CO)CC1. The molecule has 2 heteroatoms. The van der Waals surface area contributed by atoms with Gasteiger partial charge in [0.15, 0.2) is 0 Å². The van der Waals surface area contributed by atoms with Crippen LogP contribution in [0.3, 0.4) is 0 Å². The molecule has 2 N–H and O–H groups in total. The molecule has 1 aliphatic rings. The second-order valence-electron chi connectivity index (χ2n) is 3.69. The molecular weight excluding hydrogens is 138 g/mol. The van der Waals surface area contributed by atoms with Gasteiger partial charge in [-0.15, -0.1) is 0 Å². The molecule has 0 aromatic rings. The van der Waals surface area contributed by atoms with Gasteiger partial charge in [0.2, 0.25) is 0 Å². The molecule has 1 fully saturated rings. The average molecular weight is 155 g/mol. The van der Waals surface area contributed by atoms with Crippen molar-refractivity contribution in [2.24, 2.45) is 5.41 Å². The van der Waals surface area contributed by atoms with Crippen LogP contribution in [0.1, 0.15) is 39.0 Å². The molecule has 0 heterocycles. The van der Waals surface area contributed by atoms with E-state index in [1.165, 1.54) is 0 Å². The third-order valence-electron chi connectivity index (χ3n) is 2.43. The number of nitrogens with one attached hydrogen (secondary N) is 1. The lowest BCUT2D eigenvalue weighted by Crippen LogP contribution is -2.12. The molecule has 2 nitrogen and oxygen atoms in total. The zero-order chi connectivity index (χ0) is 8.32. The number of hydrogen-bond acceptors (Lipinski definition) is 2. The quantitative estimate of drug-likeness (QED) is 0.586. The van der Waals surface area contributed by atoms with Crippen molar-refractivity contribution in [2.75, 3.05) is 6.61 Å². The lowest BCUT2D eigenvalue weighted by atomic mass is 9.98. The molecule has 11 heavy (non-hydrogen) atoms. The van der Waals surface area contributed by atoms with Gasteiger partial charge in [-0.3, -0.25) is 0 Å². The van der Waals surface area contributed by atoms with Gasteiger partial charge < -0.3 is 10.5 Å². The van der Waals surface area contributed by atoms with Crippen molar-refractivity contribution in [2.45, 2.75) is 39.0 Å². The topological polar surface area (TPSA) is 44.1 Å². The summed E-state index contributed by atoms with van der Waals surface area (Å²) in [5, 5.41) is 16.6. The van der Waals surface area contributed by atoms with Crippen molar-refractivity contribution in [3.63, 3.8) is 0 Å². The van der Waals surface area contributed by atoms with Crippen LogP contribution in [-0.2, 0) is 0 Å². The molecule has 0 spiro atoms. The number of aliphatic hydroxyl groups is 1. The summed E-state index contributed by atoms with van der Waals surface area (Å²) in [7, 11) is 0. The van der Waals surface area contributed by atoms with Crippen LogP contribution in [0.5, 0.6) is 0 Å². The Morgan fingerprint density at radius 2 is 2.18 bits per heavy atom. The summed E-state index contributed by atoms with van der Waals surface area (Å²) < 4.78 is 0. The van der Waals surface area contributed by atoms with Gasteiger partial charge in [-0.2, -0.15) is 0 Å². The Morgan fingerprint density at radius 1 is 1.55 bits per heavy atom. The summed E-state index contributed by atoms with van der Waals surface area (Å²) in [5.74, 6) is 0. The van der Waals surface area contributed by atoms with Crippen molar-refractivity contribution >= 4 is 5.71 Å². The molecule has 0 aliphatic heterocycles. The highest BCUT2D eigenvalue weighted by Crippen LogP contribution is 2.48. The van der Waals surface area contributed by atoms with Crippen molar-refractivity contribution in [1.29, 1.82) is 5.41 Å². The Hall–Kier alpha value is -0.370. The van der Waals surface area contributed by atoms with E-state index in [-0.39, 0.29) is 12.0 Å². The minimum absolute atomic E-state index is 0.145. The minimum atomic E-state index is 0.145. The van der Waals surface area contributed by atoms with Gasteiger partial charge in [0.25, 0.3) is 0 Å². The first kappa shape index (κ1) is 8.72. The van der Waals surface area contributed by atoms with Gasteiger partial charge in [-0.25, -0.2) is 0 Å².